The minimum atomic E-state index is 0.708. The van der Waals surface area contributed by atoms with Gasteiger partial charge in [-0.1, -0.05) is 95.0 Å². The number of nitrogens with zero attached hydrogens (tertiary/aromatic N) is 1. The largest absolute Gasteiger partial charge is 0.377 e. The lowest BCUT2D eigenvalue weighted by Gasteiger charge is -2.06. The number of benzene rings is 1. The minimum absolute atomic E-state index is 0.708. The summed E-state index contributed by atoms with van der Waals surface area (Å²) in [6.07, 6.45) is 15.5. The van der Waals surface area contributed by atoms with Crippen LogP contribution in [0.2, 0.25) is 0 Å². The highest BCUT2D eigenvalue weighted by Crippen LogP contribution is 2.17. The van der Waals surface area contributed by atoms with Crippen LogP contribution in [0.3, 0.4) is 0 Å². The molecular formula is C24H35NO. The Morgan fingerprint density at radius 1 is 0.731 bits per heavy atom. The van der Waals surface area contributed by atoms with Crippen molar-refractivity contribution in [3.8, 4) is 11.3 Å². The zero-order valence-corrected chi connectivity index (χ0v) is 16.5. The minimum Gasteiger partial charge on any atom is -0.377 e. The quantitative estimate of drug-likeness (QED) is 0.335. The van der Waals surface area contributed by atoms with E-state index in [2.05, 4.69) is 36.2 Å². The van der Waals surface area contributed by atoms with Gasteiger partial charge >= 0.3 is 0 Å². The Morgan fingerprint density at radius 2 is 1.38 bits per heavy atom. The third-order valence-corrected chi connectivity index (χ3v) is 4.83. The smallest absolute Gasteiger partial charge is 0.0716 e. The van der Waals surface area contributed by atoms with Crippen molar-refractivity contribution < 1.29 is 4.74 Å². The van der Waals surface area contributed by atoms with Crippen LogP contribution < -0.4 is 0 Å². The second kappa shape index (κ2) is 13.5. The lowest BCUT2D eigenvalue weighted by atomic mass is 10.1. The van der Waals surface area contributed by atoms with E-state index >= 15 is 0 Å². The first-order valence-electron chi connectivity index (χ1n) is 10.5. The molecule has 0 aliphatic carbocycles. The highest BCUT2D eigenvalue weighted by atomic mass is 16.5. The molecule has 0 N–H and O–H groups in total. The summed E-state index contributed by atoms with van der Waals surface area (Å²) in [6, 6.07) is 14.5. The third-order valence-electron chi connectivity index (χ3n) is 4.83. The monoisotopic (exact) mass is 353 g/mol. The van der Waals surface area contributed by atoms with Crippen LogP contribution in [0.1, 0.15) is 76.7 Å². The molecule has 0 spiro atoms. The Kier molecular flexibility index (Phi) is 10.7. The van der Waals surface area contributed by atoms with E-state index < -0.39 is 0 Å². The third kappa shape index (κ3) is 8.62. The highest BCUT2D eigenvalue weighted by molar-refractivity contribution is 5.58. The second-order valence-electron chi connectivity index (χ2n) is 7.15. The molecule has 0 fully saturated rings. The number of unbranched alkanes of at least 4 members (excludes halogenated alkanes) is 9. The summed E-state index contributed by atoms with van der Waals surface area (Å²) in [4.78, 5) is 4.38. The molecule has 0 bridgehead atoms. The summed E-state index contributed by atoms with van der Waals surface area (Å²) in [7, 11) is 0. The summed E-state index contributed by atoms with van der Waals surface area (Å²) >= 11 is 0. The fraction of sp³-hybridized carbons (Fsp3) is 0.542. The van der Waals surface area contributed by atoms with Crippen molar-refractivity contribution in [1.29, 1.82) is 0 Å². The number of ether oxygens (including phenoxy) is 1. The van der Waals surface area contributed by atoms with Crippen molar-refractivity contribution >= 4 is 0 Å². The molecule has 1 aromatic heterocycles. The zero-order chi connectivity index (χ0) is 18.3. The average Bonchev–Trinajstić information content (AvgIpc) is 2.70. The van der Waals surface area contributed by atoms with E-state index in [4.69, 9.17) is 4.74 Å². The van der Waals surface area contributed by atoms with Gasteiger partial charge in [-0.15, -0.1) is 0 Å². The molecular weight excluding hydrogens is 318 g/mol. The summed E-state index contributed by atoms with van der Waals surface area (Å²) in [5.74, 6) is 0. The molecule has 1 aromatic carbocycles. The second-order valence-corrected chi connectivity index (χ2v) is 7.15. The first kappa shape index (κ1) is 20.6. The molecule has 0 saturated heterocycles. The number of hydrogen-bond acceptors (Lipinski definition) is 2. The topological polar surface area (TPSA) is 22.1 Å². The summed E-state index contributed by atoms with van der Waals surface area (Å²) in [6.45, 7) is 3.86. The molecule has 2 nitrogen and oxygen atoms in total. The molecule has 0 aliphatic heterocycles. The van der Waals surface area contributed by atoms with Crippen molar-refractivity contribution in [2.45, 2.75) is 77.7 Å². The molecule has 2 rings (SSSR count). The maximum atomic E-state index is 5.82. The Balaban J connectivity index is 1.47. The van der Waals surface area contributed by atoms with Gasteiger partial charge in [0.15, 0.2) is 0 Å². The lowest BCUT2D eigenvalue weighted by molar-refractivity contribution is 0.116. The van der Waals surface area contributed by atoms with Gasteiger partial charge in [-0.2, -0.15) is 0 Å². The number of pyridine rings is 1. The van der Waals surface area contributed by atoms with Gasteiger partial charge in [-0.25, -0.2) is 0 Å². The molecule has 2 aromatic rings. The Labute approximate surface area is 160 Å². The predicted molar refractivity (Wildman–Crippen MR) is 111 cm³/mol. The zero-order valence-electron chi connectivity index (χ0n) is 16.5. The van der Waals surface area contributed by atoms with Gasteiger partial charge in [0.1, 0.15) is 0 Å². The van der Waals surface area contributed by atoms with E-state index in [0.29, 0.717) is 6.61 Å². The molecule has 0 unspecified atom stereocenters. The molecule has 0 saturated carbocycles. The van der Waals surface area contributed by atoms with Crippen LogP contribution in [0.4, 0.5) is 0 Å². The fourth-order valence-electron chi connectivity index (χ4n) is 3.19. The van der Waals surface area contributed by atoms with E-state index in [9.17, 15) is 0 Å². The van der Waals surface area contributed by atoms with Crippen molar-refractivity contribution in [3.63, 3.8) is 0 Å². The van der Waals surface area contributed by atoms with E-state index in [1.54, 1.807) is 0 Å². The van der Waals surface area contributed by atoms with Crippen LogP contribution in [0.15, 0.2) is 48.7 Å². The molecule has 1 heterocycles. The van der Waals surface area contributed by atoms with Crippen molar-refractivity contribution in [1.82, 2.24) is 4.98 Å². The predicted octanol–water partition coefficient (Wildman–Crippen LogP) is 7.19. The van der Waals surface area contributed by atoms with Crippen molar-refractivity contribution in [2.75, 3.05) is 6.61 Å². The van der Waals surface area contributed by atoms with E-state index in [-0.39, 0.29) is 0 Å². The Bertz CT molecular complexity index is 565. The summed E-state index contributed by atoms with van der Waals surface area (Å²) in [5, 5.41) is 0. The lowest BCUT2D eigenvalue weighted by Crippen LogP contribution is -1.96. The number of hydrogen-bond donors (Lipinski definition) is 0. The standard InChI is InChI=1S/C24H35NO/c1-2-3-4-5-6-7-8-9-10-13-20-26-21-22-15-17-23(18-16-22)24-14-11-12-19-25-24/h11-12,14-19H,2-10,13,20-21H2,1H3. The van der Waals surface area contributed by atoms with Gasteiger partial charge < -0.3 is 4.74 Å². The van der Waals surface area contributed by atoms with Crippen LogP contribution in [0, 0.1) is 0 Å². The fourth-order valence-corrected chi connectivity index (χ4v) is 3.19. The Morgan fingerprint density at radius 3 is 2.00 bits per heavy atom. The molecule has 0 aliphatic rings. The van der Waals surface area contributed by atoms with Crippen LogP contribution >= 0.6 is 0 Å². The van der Waals surface area contributed by atoms with Gasteiger partial charge in [-0.3, -0.25) is 4.98 Å². The van der Waals surface area contributed by atoms with Gasteiger partial charge in [0.25, 0.3) is 0 Å². The van der Waals surface area contributed by atoms with Crippen LogP contribution in [0.5, 0.6) is 0 Å². The molecule has 2 heteroatoms. The number of aromatic nitrogens is 1. The summed E-state index contributed by atoms with van der Waals surface area (Å²) in [5.41, 5.74) is 3.41. The van der Waals surface area contributed by atoms with Gasteiger partial charge in [0.2, 0.25) is 0 Å². The van der Waals surface area contributed by atoms with E-state index in [0.717, 1.165) is 17.9 Å². The van der Waals surface area contributed by atoms with Crippen LogP contribution in [-0.4, -0.2) is 11.6 Å². The van der Waals surface area contributed by atoms with Gasteiger partial charge in [-0.05, 0) is 24.1 Å². The molecule has 0 atom stereocenters. The molecule has 0 radical (unpaired) electrons. The van der Waals surface area contributed by atoms with Crippen LogP contribution in [-0.2, 0) is 11.3 Å². The average molecular weight is 354 g/mol. The van der Waals surface area contributed by atoms with Crippen LogP contribution in [0.25, 0.3) is 11.3 Å². The van der Waals surface area contributed by atoms with Gasteiger partial charge in [0, 0.05) is 18.4 Å². The maximum Gasteiger partial charge on any atom is 0.0716 e. The van der Waals surface area contributed by atoms with E-state index in [1.807, 2.05) is 24.4 Å². The van der Waals surface area contributed by atoms with Crippen molar-refractivity contribution in [3.05, 3.63) is 54.2 Å². The van der Waals surface area contributed by atoms with Gasteiger partial charge in [0.05, 0.1) is 12.3 Å². The number of rotatable bonds is 14. The molecule has 26 heavy (non-hydrogen) atoms. The first-order valence-corrected chi connectivity index (χ1v) is 10.5. The normalized spacial score (nSPS) is 11.0. The van der Waals surface area contributed by atoms with Crippen molar-refractivity contribution in [2.24, 2.45) is 0 Å². The maximum absolute atomic E-state index is 5.82. The molecule has 0 amide bonds. The SMILES string of the molecule is CCCCCCCCCCCCOCc1ccc(-c2ccccn2)cc1. The first-order chi connectivity index (χ1) is 12.9. The Hall–Kier alpha value is -1.67. The molecule has 142 valence electrons. The highest BCUT2D eigenvalue weighted by Gasteiger charge is 1.99. The summed E-state index contributed by atoms with van der Waals surface area (Å²) < 4.78 is 5.82. The van der Waals surface area contributed by atoms with E-state index in [1.165, 1.54) is 69.8 Å².